The van der Waals surface area contributed by atoms with E-state index in [4.69, 9.17) is 9.84 Å². The number of unbranched alkanes of at least 4 members (excludes halogenated alkanes) is 1. The van der Waals surface area contributed by atoms with Gasteiger partial charge in [0.05, 0.1) is 6.42 Å². The molecule has 0 saturated heterocycles. The van der Waals surface area contributed by atoms with E-state index in [9.17, 15) is 9.59 Å². The molecule has 0 saturated carbocycles. The smallest absolute Gasteiger partial charge is 0.454 e. The van der Waals surface area contributed by atoms with Gasteiger partial charge in [-0.15, -0.1) is 0 Å². The molecule has 118 valence electrons. The van der Waals surface area contributed by atoms with Crippen LogP contribution >= 0.6 is 0 Å². The average molecular weight is 304 g/mol. The minimum absolute atomic E-state index is 0.0589. The van der Waals surface area contributed by atoms with E-state index in [1.54, 1.807) is 12.1 Å². The molecule has 5 heteroatoms. The van der Waals surface area contributed by atoms with Crippen LogP contribution in [-0.4, -0.2) is 23.3 Å². The van der Waals surface area contributed by atoms with Crippen molar-refractivity contribution in [2.45, 2.75) is 45.8 Å². The summed E-state index contributed by atoms with van der Waals surface area (Å²) in [7, 11) is 0. The summed E-state index contributed by atoms with van der Waals surface area (Å²) in [4.78, 5) is 23.0. The quantitative estimate of drug-likeness (QED) is 0.490. The fourth-order valence-electron chi connectivity index (χ4n) is 2.48. The van der Waals surface area contributed by atoms with E-state index in [-0.39, 0.29) is 5.78 Å². The van der Waals surface area contributed by atoms with Gasteiger partial charge in [-0.3, -0.25) is 4.79 Å². The summed E-state index contributed by atoms with van der Waals surface area (Å²) in [5.74, 6) is 0.510. The van der Waals surface area contributed by atoms with Crippen LogP contribution in [0.4, 0.5) is 4.79 Å². The number of ether oxygens (including phenoxy) is 2. The number of allylic oxidation sites excluding steroid dienone is 1. The number of carbonyl (C=O) groups is 2. The largest absolute Gasteiger partial charge is 0.508 e. The van der Waals surface area contributed by atoms with Gasteiger partial charge in [0.15, 0.2) is 5.78 Å². The Kier molecular flexibility index (Phi) is 4.85. The van der Waals surface area contributed by atoms with E-state index in [0.717, 1.165) is 24.0 Å². The minimum atomic E-state index is -1.38. The molecule has 2 rings (SSSR count). The molecule has 0 spiro atoms. The molecule has 1 aliphatic heterocycles. The highest BCUT2D eigenvalue weighted by molar-refractivity contribution is 6.09. The second kappa shape index (κ2) is 6.64. The maximum atomic E-state index is 12.5. The fraction of sp³-hybridized carbons (Fsp3) is 0.412. The summed E-state index contributed by atoms with van der Waals surface area (Å²) < 4.78 is 10.0. The molecular weight excluding hydrogens is 284 g/mol. The highest BCUT2D eigenvalue weighted by atomic mass is 16.8. The molecule has 0 fully saturated rings. The highest BCUT2D eigenvalue weighted by Gasteiger charge is 2.28. The third-order valence-electron chi connectivity index (χ3n) is 3.68. The van der Waals surface area contributed by atoms with Gasteiger partial charge in [-0.2, -0.15) is 0 Å². The lowest BCUT2D eigenvalue weighted by Crippen LogP contribution is -2.20. The summed E-state index contributed by atoms with van der Waals surface area (Å²) >= 11 is 0. The Balaban J connectivity index is 2.18. The number of benzene rings is 1. The van der Waals surface area contributed by atoms with Gasteiger partial charge in [0.1, 0.15) is 5.75 Å². The number of rotatable bonds is 6. The molecule has 0 aromatic heterocycles. The van der Waals surface area contributed by atoms with Crippen LogP contribution in [0.25, 0.3) is 0 Å². The first-order chi connectivity index (χ1) is 10.4. The number of ketones is 1. The van der Waals surface area contributed by atoms with E-state index >= 15 is 0 Å². The predicted molar refractivity (Wildman–Crippen MR) is 81.4 cm³/mol. The second-order valence-corrected chi connectivity index (χ2v) is 5.45. The molecular formula is C17H20O5. The van der Waals surface area contributed by atoms with E-state index in [2.05, 4.69) is 18.2 Å². The Morgan fingerprint density at radius 2 is 2.18 bits per heavy atom. The standard InChI is InChI=1S/C17H20O5/c1-4-5-6-10(2)16(18)13-8-12-9-15(22-17(19)20)21-14(12)7-11(13)3/h7-8,15H,2,4-6,9H2,1,3H3,(H,19,20). The zero-order valence-electron chi connectivity index (χ0n) is 12.8. The van der Waals surface area contributed by atoms with Crippen molar-refractivity contribution in [1.82, 2.24) is 0 Å². The van der Waals surface area contributed by atoms with E-state index in [1.165, 1.54) is 0 Å². The molecule has 1 unspecified atom stereocenters. The van der Waals surface area contributed by atoms with Crippen LogP contribution in [0.3, 0.4) is 0 Å². The molecule has 1 aromatic rings. The number of hydrogen-bond donors (Lipinski definition) is 1. The van der Waals surface area contributed by atoms with Crippen LogP contribution in [-0.2, 0) is 11.2 Å². The molecule has 1 atom stereocenters. The third kappa shape index (κ3) is 3.47. The Morgan fingerprint density at radius 1 is 1.45 bits per heavy atom. The maximum Gasteiger partial charge on any atom is 0.508 e. The van der Waals surface area contributed by atoms with Gasteiger partial charge in [-0.25, -0.2) is 4.79 Å². The first kappa shape index (κ1) is 16.1. The number of carbonyl (C=O) groups excluding carboxylic acids is 1. The van der Waals surface area contributed by atoms with E-state index in [0.29, 0.717) is 29.7 Å². The van der Waals surface area contributed by atoms with Crippen LogP contribution in [0.1, 0.15) is 47.7 Å². The first-order valence-corrected chi connectivity index (χ1v) is 7.34. The minimum Gasteiger partial charge on any atom is -0.454 e. The van der Waals surface area contributed by atoms with Crippen LogP contribution < -0.4 is 4.74 Å². The van der Waals surface area contributed by atoms with E-state index < -0.39 is 12.4 Å². The zero-order valence-corrected chi connectivity index (χ0v) is 12.8. The van der Waals surface area contributed by atoms with Crippen LogP contribution in [0.15, 0.2) is 24.3 Å². The summed E-state index contributed by atoms with van der Waals surface area (Å²) in [5.41, 5.74) is 2.77. The van der Waals surface area contributed by atoms with Crippen LogP contribution in [0.2, 0.25) is 0 Å². The maximum absolute atomic E-state index is 12.5. The first-order valence-electron chi connectivity index (χ1n) is 7.34. The zero-order chi connectivity index (χ0) is 16.3. The Hall–Kier alpha value is -2.30. The molecule has 22 heavy (non-hydrogen) atoms. The lowest BCUT2D eigenvalue weighted by atomic mass is 9.94. The van der Waals surface area contributed by atoms with Crippen molar-refractivity contribution in [1.29, 1.82) is 0 Å². The number of Topliss-reactive ketones (excluding diaryl/α,β-unsaturated/α-hetero) is 1. The fourth-order valence-corrected chi connectivity index (χ4v) is 2.48. The Labute approximate surface area is 129 Å². The van der Waals surface area contributed by atoms with Gasteiger partial charge >= 0.3 is 6.16 Å². The van der Waals surface area contributed by atoms with Gasteiger partial charge < -0.3 is 14.6 Å². The molecule has 1 N–H and O–H groups in total. The molecule has 0 amide bonds. The Morgan fingerprint density at radius 3 is 2.82 bits per heavy atom. The number of carboxylic acid groups (broad SMARTS) is 1. The van der Waals surface area contributed by atoms with Gasteiger partial charge in [-0.1, -0.05) is 19.9 Å². The predicted octanol–water partition coefficient (Wildman–Crippen LogP) is 3.88. The van der Waals surface area contributed by atoms with Gasteiger partial charge in [0.25, 0.3) is 6.29 Å². The molecule has 1 aromatic carbocycles. The van der Waals surface area contributed by atoms with Crippen molar-refractivity contribution >= 4 is 11.9 Å². The normalized spacial score (nSPS) is 15.8. The average Bonchev–Trinajstić information content (AvgIpc) is 2.83. The van der Waals surface area contributed by atoms with E-state index in [1.807, 2.05) is 6.92 Å². The molecule has 0 radical (unpaired) electrons. The van der Waals surface area contributed by atoms with Gasteiger partial charge in [0, 0.05) is 11.1 Å². The monoisotopic (exact) mass is 304 g/mol. The Bertz CT molecular complexity index is 618. The number of fused-ring (bicyclic) bond motifs is 1. The molecule has 1 heterocycles. The molecule has 1 aliphatic rings. The lowest BCUT2D eigenvalue weighted by molar-refractivity contribution is -0.0394. The topological polar surface area (TPSA) is 72.8 Å². The van der Waals surface area contributed by atoms with Gasteiger partial charge in [-0.05, 0) is 43.0 Å². The van der Waals surface area contributed by atoms with Crippen molar-refractivity contribution in [3.63, 3.8) is 0 Å². The third-order valence-corrected chi connectivity index (χ3v) is 3.68. The second-order valence-electron chi connectivity index (χ2n) is 5.45. The molecule has 0 bridgehead atoms. The summed E-state index contributed by atoms with van der Waals surface area (Å²) in [6.45, 7) is 7.77. The van der Waals surface area contributed by atoms with Crippen molar-refractivity contribution in [2.75, 3.05) is 0 Å². The van der Waals surface area contributed by atoms with Crippen molar-refractivity contribution in [3.8, 4) is 5.75 Å². The van der Waals surface area contributed by atoms with Crippen LogP contribution in [0.5, 0.6) is 5.75 Å². The molecule has 0 aliphatic carbocycles. The van der Waals surface area contributed by atoms with Crippen molar-refractivity contribution in [3.05, 3.63) is 41.0 Å². The van der Waals surface area contributed by atoms with Crippen LogP contribution in [0, 0.1) is 6.92 Å². The highest BCUT2D eigenvalue weighted by Crippen LogP contribution is 2.33. The van der Waals surface area contributed by atoms with Gasteiger partial charge in [0.2, 0.25) is 0 Å². The summed E-state index contributed by atoms with van der Waals surface area (Å²) in [6.07, 6.45) is 0.722. The van der Waals surface area contributed by atoms with Crippen molar-refractivity contribution < 1.29 is 24.2 Å². The number of hydrogen-bond acceptors (Lipinski definition) is 4. The summed E-state index contributed by atoms with van der Waals surface area (Å²) in [6, 6.07) is 3.51. The molecule has 5 nitrogen and oxygen atoms in total. The van der Waals surface area contributed by atoms with Crippen molar-refractivity contribution in [2.24, 2.45) is 0 Å². The SMILES string of the molecule is C=C(CCCC)C(=O)c1cc2c(cc1C)OC(OC(=O)O)C2. The summed E-state index contributed by atoms with van der Waals surface area (Å²) in [5, 5.41) is 8.64. The number of aryl methyl sites for hydroxylation is 1. The lowest BCUT2D eigenvalue weighted by Gasteiger charge is -2.10.